The van der Waals surface area contributed by atoms with Crippen molar-refractivity contribution in [3.8, 4) is 5.75 Å². The number of ether oxygens (including phenoxy) is 1. The van der Waals surface area contributed by atoms with Gasteiger partial charge in [0.2, 0.25) is 0 Å². The highest BCUT2D eigenvalue weighted by atomic mass is 79.9. The molecular formula is C7H6BrNO3. The van der Waals surface area contributed by atoms with Gasteiger partial charge in [0, 0.05) is 15.9 Å². The lowest BCUT2D eigenvalue weighted by Crippen LogP contribution is -2.18. The van der Waals surface area contributed by atoms with Crippen molar-refractivity contribution in [3.05, 3.63) is 40.4 Å². The Morgan fingerprint density at radius 2 is 2.00 bits per heavy atom. The summed E-state index contributed by atoms with van der Waals surface area (Å²) < 4.78 is 4.89. The lowest BCUT2D eigenvalue weighted by molar-refractivity contribution is -0.529. The van der Waals surface area contributed by atoms with E-state index in [9.17, 15) is 10.1 Å². The second-order valence-electron chi connectivity index (χ2n) is 2.01. The summed E-state index contributed by atoms with van der Waals surface area (Å²) in [6.07, 6.45) is 0. The van der Waals surface area contributed by atoms with Gasteiger partial charge in [-0.3, -0.25) is 10.1 Å². The summed E-state index contributed by atoms with van der Waals surface area (Å²) in [4.78, 5) is 9.57. The van der Waals surface area contributed by atoms with E-state index in [-0.39, 0.29) is 0 Å². The van der Waals surface area contributed by atoms with Crippen LogP contribution in [0.25, 0.3) is 0 Å². The van der Waals surface area contributed by atoms with Crippen molar-refractivity contribution in [3.63, 3.8) is 0 Å². The molecule has 0 aliphatic rings. The Morgan fingerprint density at radius 3 is 2.50 bits per heavy atom. The van der Waals surface area contributed by atoms with Crippen LogP contribution in [0.3, 0.4) is 0 Å². The standard InChI is InChI=1S/C7H6BrNO3/c8-7(9(10)11)12-6-4-2-1-3-5-6/h1-5,7H. The molecule has 0 fully saturated rings. The molecule has 1 atom stereocenters. The normalized spacial score (nSPS) is 12.1. The van der Waals surface area contributed by atoms with E-state index in [1.165, 1.54) is 0 Å². The first-order valence-corrected chi connectivity index (χ1v) is 4.11. The van der Waals surface area contributed by atoms with E-state index in [2.05, 4.69) is 15.9 Å². The first-order chi connectivity index (χ1) is 5.70. The van der Waals surface area contributed by atoms with Crippen molar-refractivity contribution < 1.29 is 9.66 Å². The zero-order valence-electron chi connectivity index (χ0n) is 6.01. The molecule has 0 spiro atoms. The Hall–Kier alpha value is -1.10. The number of alkyl halides is 1. The fourth-order valence-electron chi connectivity index (χ4n) is 0.654. The topological polar surface area (TPSA) is 52.4 Å². The van der Waals surface area contributed by atoms with Crippen LogP contribution in [0.5, 0.6) is 5.75 Å². The van der Waals surface area contributed by atoms with Gasteiger partial charge in [-0.05, 0) is 12.1 Å². The zero-order valence-corrected chi connectivity index (χ0v) is 7.60. The summed E-state index contributed by atoms with van der Waals surface area (Å²) in [5.41, 5.74) is 0. The lowest BCUT2D eigenvalue weighted by Gasteiger charge is -2.04. The Morgan fingerprint density at radius 1 is 1.42 bits per heavy atom. The molecule has 0 N–H and O–H groups in total. The largest absolute Gasteiger partial charge is 0.422 e. The molecule has 64 valence electrons. The minimum atomic E-state index is -1.18. The van der Waals surface area contributed by atoms with E-state index < -0.39 is 10.1 Å². The monoisotopic (exact) mass is 231 g/mol. The predicted octanol–water partition coefficient (Wildman–Crippen LogP) is 2.02. The number of hydrogen-bond donors (Lipinski definition) is 0. The third kappa shape index (κ3) is 2.50. The molecule has 1 aromatic carbocycles. The van der Waals surface area contributed by atoms with Crippen LogP contribution in [0.1, 0.15) is 0 Å². The van der Waals surface area contributed by atoms with Crippen molar-refractivity contribution in [2.75, 3.05) is 0 Å². The summed E-state index contributed by atoms with van der Waals surface area (Å²) >= 11 is 2.76. The molecule has 4 nitrogen and oxygen atoms in total. The first kappa shape index (κ1) is 8.99. The number of benzene rings is 1. The molecule has 0 saturated heterocycles. The SMILES string of the molecule is O=[N+]([O-])C(Br)Oc1ccccc1. The molecule has 0 heterocycles. The summed E-state index contributed by atoms with van der Waals surface area (Å²) in [5.74, 6) is 0.469. The molecule has 5 heteroatoms. The zero-order chi connectivity index (χ0) is 8.97. The second-order valence-corrected chi connectivity index (χ2v) is 2.79. The van der Waals surface area contributed by atoms with E-state index in [1.54, 1.807) is 24.3 Å². The van der Waals surface area contributed by atoms with E-state index in [1.807, 2.05) is 6.07 Å². The summed E-state index contributed by atoms with van der Waals surface area (Å²) in [6, 6.07) is 8.60. The van der Waals surface area contributed by atoms with Crippen LogP contribution in [0.2, 0.25) is 0 Å². The predicted molar refractivity (Wildman–Crippen MR) is 46.8 cm³/mol. The molecule has 0 bridgehead atoms. The van der Waals surface area contributed by atoms with Gasteiger partial charge < -0.3 is 4.74 Å². The van der Waals surface area contributed by atoms with Crippen molar-refractivity contribution in [1.82, 2.24) is 0 Å². The van der Waals surface area contributed by atoms with E-state index in [4.69, 9.17) is 4.74 Å². The van der Waals surface area contributed by atoms with Gasteiger partial charge in [-0.2, -0.15) is 0 Å². The van der Waals surface area contributed by atoms with Crippen molar-refractivity contribution in [2.45, 2.75) is 5.14 Å². The fraction of sp³-hybridized carbons (Fsp3) is 0.143. The molecule has 1 unspecified atom stereocenters. The molecule has 1 rings (SSSR count). The summed E-state index contributed by atoms with van der Waals surface area (Å²) in [5, 5.41) is 8.96. The van der Waals surface area contributed by atoms with E-state index in [0.717, 1.165) is 0 Å². The van der Waals surface area contributed by atoms with Crippen LogP contribution >= 0.6 is 15.9 Å². The van der Waals surface area contributed by atoms with Gasteiger partial charge in [-0.15, -0.1) is 0 Å². The summed E-state index contributed by atoms with van der Waals surface area (Å²) in [6.45, 7) is 0. The molecule has 0 aliphatic heterocycles. The average Bonchev–Trinajstić information content (AvgIpc) is 2.06. The highest BCUT2D eigenvalue weighted by Gasteiger charge is 2.15. The number of nitro groups is 1. The third-order valence-corrected chi connectivity index (χ3v) is 1.66. The van der Waals surface area contributed by atoms with Gasteiger partial charge in [-0.25, -0.2) is 0 Å². The maximum atomic E-state index is 10.1. The quantitative estimate of drug-likeness (QED) is 0.263. The maximum absolute atomic E-state index is 10.1. The van der Waals surface area contributed by atoms with Gasteiger partial charge in [-0.1, -0.05) is 18.2 Å². The molecule has 1 aromatic rings. The van der Waals surface area contributed by atoms with Crippen molar-refractivity contribution in [2.24, 2.45) is 0 Å². The molecule has 0 saturated carbocycles. The van der Waals surface area contributed by atoms with Gasteiger partial charge in [0.05, 0.1) is 4.92 Å². The molecule has 0 aliphatic carbocycles. The number of hydrogen-bond acceptors (Lipinski definition) is 3. The van der Waals surface area contributed by atoms with Crippen LogP contribution in [0.15, 0.2) is 30.3 Å². The van der Waals surface area contributed by atoms with E-state index in [0.29, 0.717) is 5.75 Å². The van der Waals surface area contributed by atoms with Crippen molar-refractivity contribution >= 4 is 15.9 Å². The number of nitrogens with zero attached hydrogens (tertiary/aromatic N) is 1. The minimum Gasteiger partial charge on any atom is -0.422 e. The van der Waals surface area contributed by atoms with Gasteiger partial charge >= 0.3 is 5.14 Å². The lowest BCUT2D eigenvalue weighted by atomic mass is 10.3. The first-order valence-electron chi connectivity index (χ1n) is 3.19. The van der Waals surface area contributed by atoms with E-state index >= 15 is 0 Å². The number of halogens is 1. The molecule has 0 amide bonds. The van der Waals surface area contributed by atoms with Crippen LogP contribution in [0, 0.1) is 10.1 Å². The van der Waals surface area contributed by atoms with Gasteiger partial charge in [0.1, 0.15) is 5.75 Å². The third-order valence-electron chi connectivity index (χ3n) is 1.14. The van der Waals surface area contributed by atoms with Gasteiger partial charge in [0.15, 0.2) is 0 Å². The molecule has 0 radical (unpaired) electrons. The second kappa shape index (κ2) is 4.06. The Kier molecular flexibility index (Phi) is 3.04. The molecular weight excluding hydrogens is 226 g/mol. The van der Waals surface area contributed by atoms with Crippen LogP contribution in [0.4, 0.5) is 0 Å². The molecule has 0 aromatic heterocycles. The fourth-order valence-corrected chi connectivity index (χ4v) is 0.870. The smallest absolute Gasteiger partial charge is 0.410 e. The Bertz CT molecular complexity index is 265. The highest BCUT2D eigenvalue weighted by Crippen LogP contribution is 2.13. The Labute approximate surface area is 77.4 Å². The average molecular weight is 232 g/mol. The number of para-hydroxylation sites is 1. The maximum Gasteiger partial charge on any atom is 0.410 e. The Balaban J connectivity index is 2.58. The van der Waals surface area contributed by atoms with Gasteiger partial charge in [0.25, 0.3) is 0 Å². The number of rotatable bonds is 3. The van der Waals surface area contributed by atoms with Crippen LogP contribution < -0.4 is 4.74 Å². The van der Waals surface area contributed by atoms with Crippen LogP contribution in [-0.4, -0.2) is 10.1 Å². The minimum absolute atomic E-state index is 0.469. The molecule has 12 heavy (non-hydrogen) atoms. The van der Waals surface area contributed by atoms with Crippen molar-refractivity contribution in [1.29, 1.82) is 0 Å². The summed E-state index contributed by atoms with van der Waals surface area (Å²) in [7, 11) is 0. The van der Waals surface area contributed by atoms with Crippen LogP contribution in [-0.2, 0) is 0 Å². The highest BCUT2D eigenvalue weighted by molar-refractivity contribution is 9.09.